The van der Waals surface area contributed by atoms with E-state index in [2.05, 4.69) is 76.2 Å². The Morgan fingerprint density at radius 3 is 1.91 bits per heavy atom. The quantitative estimate of drug-likeness (QED) is 0.573. The molecular formula is C21H28O. The van der Waals surface area contributed by atoms with Gasteiger partial charge in [-0.3, -0.25) is 0 Å². The van der Waals surface area contributed by atoms with Crippen molar-refractivity contribution in [3.8, 4) is 5.75 Å². The fraction of sp³-hybridized carbons (Fsp3) is 0.429. The van der Waals surface area contributed by atoms with Gasteiger partial charge in [0.2, 0.25) is 0 Å². The topological polar surface area (TPSA) is 9.23 Å². The molecule has 22 heavy (non-hydrogen) atoms. The summed E-state index contributed by atoms with van der Waals surface area (Å²) in [6.07, 6.45) is 2.28. The van der Waals surface area contributed by atoms with Crippen LogP contribution in [0.1, 0.15) is 56.2 Å². The highest BCUT2D eigenvalue weighted by Crippen LogP contribution is 2.32. The second-order valence-corrected chi connectivity index (χ2v) is 6.40. The Hall–Kier alpha value is -1.76. The Balaban J connectivity index is 2.17. The van der Waals surface area contributed by atoms with Gasteiger partial charge in [-0.25, -0.2) is 0 Å². The van der Waals surface area contributed by atoms with Gasteiger partial charge in [0.25, 0.3) is 0 Å². The molecule has 1 unspecified atom stereocenters. The molecule has 0 aromatic heterocycles. The summed E-state index contributed by atoms with van der Waals surface area (Å²) in [5, 5.41) is 0. The van der Waals surface area contributed by atoms with Crippen LogP contribution in [-0.4, -0.2) is 6.61 Å². The summed E-state index contributed by atoms with van der Waals surface area (Å²) in [6, 6.07) is 17.6. The molecule has 0 heterocycles. The first-order chi connectivity index (χ1) is 10.6. The first-order valence-corrected chi connectivity index (χ1v) is 8.41. The molecule has 1 atom stereocenters. The number of ether oxygens (including phenoxy) is 1. The summed E-state index contributed by atoms with van der Waals surface area (Å²) in [7, 11) is 0. The second-order valence-electron chi connectivity index (χ2n) is 6.40. The molecule has 0 aliphatic carbocycles. The van der Waals surface area contributed by atoms with Gasteiger partial charge in [0.05, 0.1) is 6.61 Å². The molecule has 1 nitrogen and oxygen atoms in total. The minimum absolute atomic E-state index is 0.435. The van der Waals surface area contributed by atoms with Crippen molar-refractivity contribution in [2.45, 2.75) is 46.5 Å². The van der Waals surface area contributed by atoms with Crippen molar-refractivity contribution in [1.82, 2.24) is 0 Å². The highest BCUT2D eigenvalue weighted by molar-refractivity contribution is 5.37. The lowest BCUT2D eigenvalue weighted by atomic mass is 9.82. The molecule has 0 aliphatic rings. The maximum absolute atomic E-state index is 5.76. The number of aryl methyl sites for hydroxylation is 1. The minimum Gasteiger partial charge on any atom is -0.494 e. The SMILES string of the molecule is CCCCOc1ccc(C(c2ccc(C)cc2)C(C)C)cc1. The van der Waals surface area contributed by atoms with Crippen molar-refractivity contribution in [2.24, 2.45) is 5.92 Å². The smallest absolute Gasteiger partial charge is 0.119 e. The summed E-state index contributed by atoms with van der Waals surface area (Å²) in [6.45, 7) is 9.70. The van der Waals surface area contributed by atoms with Gasteiger partial charge < -0.3 is 4.74 Å². The second kappa shape index (κ2) is 8.03. The van der Waals surface area contributed by atoms with Crippen molar-refractivity contribution >= 4 is 0 Å². The number of rotatable bonds is 7. The Morgan fingerprint density at radius 2 is 1.41 bits per heavy atom. The predicted octanol–water partition coefficient (Wildman–Crippen LogP) is 5.96. The molecule has 0 amide bonds. The number of hydrogen-bond donors (Lipinski definition) is 0. The predicted molar refractivity (Wildman–Crippen MR) is 94.7 cm³/mol. The van der Waals surface area contributed by atoms with E-state index < -0.39 is 0 Å². The molecule has 0 aliphatic heterocycles. The molecule has 2 aromatic carbocycles. The molecule has 1 heteroatoms. The van der Waals surface area contributed by atoms with Gasteiger partial charge >= 0.3 is 0 Å². The van der Waals surface area contributed by atoms with E-state index in [0.29, 0.717) is 11.8 Å². The van der Waals surface area contributed by atoms with E-state index in [1.54, 1.807) is 0 Å². The molecule has 2 aromatic rings. The van der Waals surface area contributed by atoms with E-state index in [9.17, 15) is 0 Å². The van der Waals surface area contributed by atoms with Crippen LogP contribution in [0.25, 0.3) is 0 Å². The van der Waals surface area contributed by atoms with Gasteiger partial charge in [-0.05, 0) is 42.5 Å². The lowest BCUT2D eigenvalue weighted by molar-refractivity contribution is 0.309. The van der Waals surface area contributed by atoms with Crippen LogP contribution in [0.3, 0.4) is 0 Å². The zero-order valence-electron chi connectivity index (χ0n) is 14.3. The zero-order chi connectivity index (χ0) is 15.9. The van der Waals surface area contributed by atoms with Crippen LogP contribution in [-0.2, 0) is 0 Å². The molecule has 0 N–H and O–H groups in total. The molecule has 0 fully saturated rings. The lowest BCUT2D eigenvalue weighted by Gasteiger charge is -2.22. The summed E-state index contributed by atoms with van der Waals surface area (Å²) < 4.78 is 5.76. The minimum atomic E-state index is 0.435. The zero-order valence-corrected chi connectivity index (χ0v) is 14.3. The van der Waals surface area contributed by atoms with Gasteiger partial charge in [-0.15, -0.1) is 0 Å². The summed E-state index contributed by atoms with van der Waals surface area (Å²) >= 11 is 0. The molecule has 0 spiro atoms. The van der Waals surface area contributed by atoms with Crippen molar-refractivity contribution in [1.29, 1.82) is 0 Å². The maximum Gasteiger partial charge on any atom is 0.119 e. The Bertz CT molecular complexity index is 551. The third kappa shape index (κ3) is 4.37. The van der Waals surface area contributed by atoms with Crippen molar-refractivity contribution < 1.29 is 4.74 Å². The van der Waals surface area contributed by atoms with E-state index in [1.165, 1.54) is 23.1 Å². The van der Waals surface area contributed by atoms with Crippen LogP contribution >= 0.6 is 0 Å². The van der Waals surface area contributed by atoms with Gasteiger partial charge in [0.1, 0.15) is 5.75 Å². The maximum atomic E-state index is 5.76. The molecular weight excluding hydrogens is 268 g/mol. The van der Waals surface area contributed by atoms with E-state index in [-0.39, 0.29) is 0 Å². The third-order valence-corrected chi connectivity index (χ3v) is 4.11. The van der Waals surface area contributed by atoms with Crippen LogP contribution in [0, 0.1) is 12.8 Å². The van der Waals surface area contributed by atoms with E-state index in [1.807, 2.05) is 0 Å². The molecule has 0 bridgehead atoms. The van der Waals surface area contributed by atoms with Crippen molar-refractivity contribution in [3.05, 3.63) is 65.2 Å². The molecule has 118 valence electrons. The fourth-order valence-corrected chi connectivity index (χ4v) is 2.84. The van der Waals surface area contributed by atoms with E-state index in [4.69, 9.17) is 4.74 Å². The first kappa shape index (κ1) is 16.6. The van der Waals surface area contributed by atoms with Crippen LogP contribution < -0.4 is 4.74 Å². The summed E-state index contributed by atoms with van der Waals surface area (Å²) in [5.74, 6) is 1.98. The van der Waals surface area contributed by atoms with E-state index >= 15 is 0 Å². The van der Waals surface area contributed by atoms with Crippen molar-refractivity contribution in [2.75, 3.05) is 6.61 Å². The largest absolute Gasteiger partial charge is 0.494 e. The van der Waals surface area contributed by atoms with Crippen LogP contribution in [0.2, 0.25) is 0 Å². The first-order valence-electron chi connectivity index (χ1n) is 8.41. The monoisotopic (exact) mass is 296 g/mol. The molecule has 0 saturated carbocycles. The Kier molecular flexibility index (Phi) is 6.06. The molecule has 0 saturated heterocycles. The van der Waals surface area contributed by atoms with Crippen molar-refractivity contribution in [3.63, 3.8) is 0 Å². The fourth-order valence-electron chi connectivity index (χ4n) is 2.84. The lowest BCUT2D eigenvalue weighted by Crippen LogP contribution is -2.08. The average Bonchev–Trinajstić information content (AvgIpc) is 2.51. The van der Waals surface area contributed by atoms with Gasteiger partial charge in [0.15, 0.2) is 0 Å². The van der Waals surface area contributed by atoms with Gasteiger partial charge in [-0.2, -0.15) is 0 Å². The number of unbranched alkanes of at least 4 members (excludes halogenated alkanes) is 1. The van der Waals surface area contributed by atoms with Crippen LogP contribution in [0.15, 0.2) is 48.5 Å². The van der Waals surface area contributed by atoms with Gasteiger partial charge in [0, 0.05) is 5.92 Å². The van der Waals surface area contributed by atoms with Crippen LogP contribution in [0.5, 0.6) is 5.75 Å². The summed E-state index contributed by atoms with van der Waals surface area (Å²) in [5.41, 5.74) is 4.06. The molecule has 0 radical (unpaired) electrons. The van der Waals surface area contributed by atoms with Gasteiger partial charge in [-0.1, -0.05) is 69.2 Å². The van der Waals surface area contributed by atoms with Crippen LogP contribution in [0.4, 0.5) is 0 Å². The normalized spacial score (nSPS) is 12.4. The Morgan fingerprint density at radius 1 is 0.864 bits per heavy atom. The Labute approximate surface area is 135 Å². The molecule has 2 rings (SSSR count). The standard InChI is InChI=1S/C21H28O/c1-5-6-15-22-20-13-11-19(12-14-20)21(16(2)3)18-9-7-17(4)8-10-18/h7-14,16,21H,5-6,15H2,1-4H3. The third-order valence-electron chi connectivity index (χ3n) is 4.11. The number of hydrogen-bond acceptors (Lipinski definition) is 1. The highest BCUT2D eigenvalue weighted by atomic mass is 16.5. The average molecular weight is 296 g/mol. The van der Waals surface area contributed by atoms with E-state index in [0.717, 1.165) is 18.8 Å². The highest BCUT2D eigenvalue weighted by Gasteiger charge is 2.18. The number of benzene rings is 2. The summed E-state index contributed by atoms with van der Waals surface area (Å²) in [4.78, 5) is 0.